The third kappa shape index (κ3) is 3.28. The molecule has 1 unspecified atom stereocenters. The van der Waals surface area contributed by atoms with Crippen LogP contribution in [0.4, 0.5) is 0 Å². The van der Waals surface area contributed by atoms with Crippen molar-refractivity contribution >= 4 is 34.4 Å². The Labute approximate surface area is 81.3 Å². The van der Waals surface area contributed by atoms with Gasteiger partial charge in [-0.15, -0.1) is 11.8 Å². The van der Waals surface area contributed by atoms with E-state index in [1.54, 1.807) is 11.8 Å². The molecule has 1 heterocycles. The molecule has 0 bridgehead atoms. The molecule has 0 spiro atoms. The molecule has 0 aliphatic carbocycles. The van der Waals surface area contributed by atoms with Gasteiger partial charge in [0.1, 0.15) is 0 Å². The van der Waals surface area contributed by atoms with Crippen LogP contribution < -0.4 is 5.76 Å². The van der Waals surface area contributed by atoms with Crippen molar-refractivity contribution in [3.05, 3.63) is 16.4 Å². The number of aromatic amines is 1. The average Bonchev–Trinajstić information content (AvgIpc) is 2.31. The number of rotatable bonds is 3. The lowest BCUT2D eigenvalue weighted by molar-refractivity contribution is 0.383. The zero-order chi connectivity index (χ0) is 8.27. The summed E-state index contributed by atoms with van der Waals surface area (Å²) in [5, 5.41) is 3.52. The van der Waals surface area contributed by atoms with Crippen molar-refractivity contribution in [3.8, 4) is 0 Å². The molecule has 1 N–H and O–H groups in total. The summed E-state index contributed by atoms with van der Waals surface area (Å²) in [5.41, 5.74) is 0. The van der Waals surface area contributed by atoms with E-state index in [2.05, 4.69) is 44.2 Å². The van der Waals surface area contributed by atoms with Gasteiger partial charge in [-0.25, -0.2) is 4.79 Å². The van der Waals surface area contributed by atoms with Crippen LogP contribution in [-0.2, 0) is 5.75 Å². The maximum Gasteiger partial charge on any atom is 0.438 e. The number of nitrogens with one attached hydrogen (secondary N) is 1. The van der Waals surface area contributed by atoms with E-state index in [1.807, 2.05) is 0 Å². The van der Waals surface area contributed by atoms with Crippen LogP contribution >= 0.6 is 34.4 Å². The first-order valence-electron chi connectivity index (χ1n) is 2.99. The number of alkyl halides is 1. The second kappa shape index (κ2) is 4.15. The normalized spacial score (nSPS) is 13.3. The molecule has 1 aromatic rings. The quantitative estimate of drug-likeness (QED) is 0.673. The maximum absolute atomic E-state index is 10.4. The van der Waals surface area contributed by atoms with Gasteiger partial charge in [-0.05, 0) is 6.92 Å². The van der Waals surface area contributed by atoms with Gasteiger partial charge in [-0.3, -0.25) is 9.51 Å². The Morgan fingerprint density at radius 3 is 3.09 bits per heavy atom. The minimum atomic E-state index is -0.485. The second-order valence-corrected chi connectivity index (χ2v) is 5.94. The molecular weight excluding hydrogens is 279 g/mol. The van der Waals surface area contributed by atoms with E-state index in [0.29, 0.717) is 14.8 Å². The molecule has 0 aromatic carbocycles. The summed E-state index contributed by atoms with van der Waals surface area (Å²) < 4.78 is 4.83. The zero-order valence-corrected chi connectivity index (χ0v) is 8.81. The van der Waals surface area contributed by atoms with Crippen molar-refractivity contribution < 1.29 is 4.52 Å². The van der Waals surface area contributed by atoms with Gasteiger partial charge in [0.15, 0.2) is 5.82 Å². The van der Waals surface area contributed by atoms with Crippen LogP contribution in [0.1, 0.15) is 12.7 Å². The van der Waals surface area contributed by atoms with Crippen LogP contribution in [0, 0.1) is 0 Å². The van der Waals surface area contributed by atoms with E-state index in [-0.39, 0.29) is 0 Å². The largest absolute Gasteiger partial charge is 0.438 e. The van der Waals surface area contributed by atoms with E-state index in [9.17, 15) is 4.79 Å². The number of hydrogen-bond acceptors (Lipinski definition) is 4. The third-order valence-electron chi connectivity index (χ3n) is 0.935. The summed E-state index contributed by atoms with van der Waals surface area (Å²) in [4.78, 5) is 12.9. The minimum Gasteiger partial charge on any atom is -0.296 e. The third-order valence-corrected chi connectivity index (χ3v) is 2.91. The van der Waals surface area contributed by atoms with Crippen molar-refractivity contribution in [3.63, 3.8) is 0 Å². The Morgan fingerprint density at radius 2 is 2.64 bits per heavy atom. The summed E-state index contributed by atoms with van der Waals surface area (Å²) >= 11 is 3.98. The van der Waals surface area contributed by atoms with E-state index < -0.39 is 5.76 Å². The Hall–Kier alpha value is 0.0200. The lowest BCUT2D eigenvalue weighted by Gasteiger charge is -1.97. The van der Waals surface area contributed by atoms with Crippen molar-refractivity contribution in [1.29, 1.82) is 0 Å². The van der Waals surface area contributed by atoms with Gasteiger partial charge in [-0.1, -0.05) is 27.7 Å². The van der Waals surface area contributed by atoms with E-state index in [0.717, 1.165) is 0 Å². The van der Waals surface area contributed by atoms with Crippen molar-refractivity contribution in [1.82, 2.24) is 10.1 Å². The summed E-state index contributed by atoms with van der Waals surface area (Å²) in [7, 11) is 0. The Kier molecular flexibility index (Phi) is 3.44. The molecule has 4 nitrogen and oxygen atoms in total. The standard InChI is InChI=1S/C5H7IN2O2S/c1-3(6)11-2-4-7-5(9)10-8-4/h3H,2H2,1H3,(H,7,8,9). The first kappa shape index (κ1) is 9.11. The Bertz CT molecular complexity index is 269. The Balaban J connectivity index is 2.45. The SMILES string of the molecule is CC(I)SCc1noc(=O)[nH]1. The number of hydrogen-bond donors (Lipinski definition) is 1. The van der Waals surface area contributed by atoms with Gasteiger partial charge in [0.25, 0.3) is 0 Å². The van der Waals surface area contributed by atoms with Gasteiger partial charge in [0, 0.05) is 0 Å². The lowest BCUT2D eigenvalue weighted by Crippen LogP contribution is -1.96. The molecule has 0 radical (unpaired) electrons. The summed E-state index contributed by atoms with van der Waals surface area (Å²) in [5.74, 6) is 0.806. The highest BCUT2D eigenvalue weighted by atomic mass is 127. The average molecular weight is 286 g/mol. The topological polar surface area (TPSA) is 58.9 Å². The maximum atomic E-state index is 10.4. The number of thioether (sulfide) groups is 1. The van der Waals surface area contributed by atoms with E-state index in [1.165, 1.54) is 0 Å². The summed E-state index contributed by atoms with van der Waals surface area (Å²) in [6.45, 7) is 2.07. The molecule has 0 saturated heterocycles. The van der Waals surface area contributed by atoms with Gasteiger partial charge in [0.2, 0.25) is 0 Å². The molecule has 0 amide bonds. The van der Waals surface area contributed by atoms with Crippen LogP contribution in [-0.4, -0.2) is 13.4 Å². The van der Waals surface area contributed by atoms with Gasteiger partial charge in [-0.2, -0.15) is 0 Å². The molecule has 1 aromatic heterocycles. The number of nitrogens with zero attached hydrogens (tertiary/aromatic N) is 1. The molecule has 0 aliphatic heterocycles. The smallest absolute Gasteiger partial charge is 0.296 e. The molecule has 0 aliphatic rings. The monoisotopic (exact) mass is 286 g/mol. The molecule has 6 heteroatoms. The number of halogens is 1. The first-order chi connectivity index (χ1) is 5.18. The molecule has 0 saturated carbocycles. The van der Waals surface area contributed by atoms with E-state index in [4.69, 9.17) is 0 Å². The minimum absolute atomic E-state index is 0.485. The van der Waals surface area contributed by atoms with Crippen molar-refractivity contribution in [2.24, 2.45) is 0 Å². The highest BCUT2D eigenvalue weighted by molar-refractivity contribution is 14.1. The van der Waals surface area contributed by atoms with Crippen LogP contribution in [0.15, 0.2) is 9.32 Å². The van der Waals surface area contributed by atoms with Gasteiger partial charge < -0.3 is 0 Å². The molecular formula is C5H7IN2O2S. The van der Waals surface area contributed by atoms with Crippen molar-refractivity contribution in [2.45, 2.75) is 15.9 Å². The van der Waals surface area contributed by atoms with Gasteiger partial charge >= 0.3 is 5.76 Å². The fraction of sp³-hybridized carbons (Fsp3) is 0.600. The van der Waals surface area contributed by atoms with Crippen LogP contribution in [0.2, 0.25) is 0 Å². The number of H-pyrrole nitrogens is 1. The first-order valence-corrected chi connectivity index (χ1v) is 5.28. The predicted molar refractivity (Wildman–Crippen MR) is 51.9 cm³/mol. The van der Waals surface area contributed by atoms with Crippen LogP contribution in [0.5, 0.6) is 0 Å². The van der Waals surface area contributed by atoms with Crippen LogP contribution in [0.25, 0.3) is 0 Å². The highest BCUT2D eigenvalue weighted by Gasteiger charge is 2.02. The van der Waals surface area contributed by atoms with Crippen molar-refractivity contribution in [2.75, 3.05) is 0 Å². The van der Waals surface area contributed by atoms with Crippen LogP contribution in [0.3, 0.4) is 0 Å². The molecule has 62 valence electrons. The Morgan fingerprint density at radius 1 is 1.91 bits per heavy atom. The molecule has 0 fully saturated rings. The molecule has 1 atom stereocenters. The fourth-order valence-electron chi connectivity index (χ4n) is 0.516. The summed E-state index contributed by atoms with van der Waals surface area (Å²) in [6, 6.07) is 0. The number of aromatic nitrogens is 2. The van der Waals surface area contributed by atoms with E-state index >= 15 is 0 Å². The summed E-state index contributed by atoms with van der Waals surface area (Å²) in [6.07, 6.45) is 0. The van der Waals surface area contributed by atoms with Gasteiger partial charge in [0.05, 0.1) is 9.01 Å². The second-order valence-electron chi connectivity index (χ2n) is 1.90. The molecule has 11 heavy (non-hydrogen) atoms. The highest BCUT2D eigenvalue weighted by Crippen LogP contribution is 2.19. The molecule has 1 rings (SSSR count). The lowest BCUT2D eigenvalue weighted by atomic mass is 10.7. The fourth-order valence-corrected chi connectivity index (χ4v) is 1.57. The predicted octanol–water partition coefficient (Wildman–Crippen LogP) is 1.38. The zero-order valence-electron chi connectivity index (χ0n) is 5.83.